The minimum Gasteiger partial charge on any atom is -0.508 e. The Balaban J connectivity index is 1.54. The SMILES string of the molecule is C=CCO[C@@]12Oc3ccc(O)cc3[C@H]3[C@H](CCCCO)[C@@H](CCCCO)C=C(C(=NOCc4ccccc4)C[C@@H]1N(CCC)C(=O)Oc1ccc([N+](=O)[O-])cc1)[C@H]32. The van der Waals surface area contributed by atoms with Crippen molar-refractivity contribution in [2.24, 2.45) is 22.9 Å². The van der Waals surface area contributed by atoms with Gasteiger partial charge in [0.15, 0.2) is 0 Å². The third-order valence-corrected chi connectivity index (χ3v) is 11.2. The van der Waals surface area contributed by atoms with E-state index in [1.807, 2.05) is 37.3 Å². The van der Waals surface area contributed by atoms with E-state index in [4.69, 9.17) is 24.2 Å². The molecule has 1 amide bonds. The van der Waals surface area contributed by atoms with Gasteiger partial charge < -0.3 is 34.4 Å². The number of aliphatic hydroxyl groups is 2. The Morgan fingerprint density at radius 3 is 2.47 bits per heavy atom. The van der Waals surface area contributed by atoms with E-state index >= 15 is 0 Å². The highest BCUT2D eigenvalue weighted by Crippen LogP contribution is 2.62. The van der Waals surface area contributed by atoms with E-state index in [0.717, 1.165) is 42.4 Å². The molecule has 3 aromatic carbocycles. The molecule has 1 saturated carbocycles. The molecular weight excluding hydrogens is 730 g/mol. The van der Waals surface area contributed by atoms with Crippen LogP contribution < -0.4 is 9.47 Å². The van der Waals surface area contributed by atoms with Crippen molar-refractivity contribution in [3.05, 3.63) is 118 Å². The summed E-state index contributed by atoms with van der Waals surface area (Å²) in [5, 5.41) is 46.7. The third-order valence-electron chi connectivity index (χ3n) is 11.2. The monoisotopic (exact) mass is 783 g/mol. The van der Waals surface area contributed by atoms with Gasteiger partial charge in [0.05, 0.1) is 23.2 Å². The zero-order valence-corrected chi connectivity index (χ0v) is 32.4. The van der Waals surface area contributed by atoms with Gasteiger partial charge in [-0.2, -0.15) is 0 Å². The number of fused-ring (bicyclic) bond motifs is 2. The van der Waals surface area contributed by atoms with Crippen LogP contribution >= 0.6 is 0 Å². The standard InChI is InChI=1S/C44H53N3O10/c1-3-22-46(43(51)56-34-19-16-32(17-20-34)47(52)53)40-28-38(45-55-29-30-12-6-5-7-13-30)36-26-31(14-8-10-23-48)35(15-9-11-24-49)41-37-27-33(50)18-21-39(37)57-44(40,42(36)41)54-25-4-2/h4-7,12-13,16-21,26-27,31,35,40-42,48-50H,2-3,8-11,14-15,22-25,28-29H2,1H3/t31-,35+,40-,41+,42+,44+/m0/s1. The third kappa shape index (κ3) is 9.16. The Morgan fingerprint density at radius 1 is 1.05 bits per heavy atom. The maximum atomic E-state index is 14.5. The van der Waals surface area contributed by atoms with Gasteiger partial charge in [0.1, 0.15) is 29.9 Å². The number of allylic oxidation sites excluding steroid dienone is 1. The zero-order chi connectivity index (χ0) is 40.4. The molecule has 0 aromatic heterocycles. The van der Waals surface area contributed by atoms with Crippen molar-refractivity contribution in [2.45, 2.75) is 82.6 Å². The summed E-state index contributed by atoms with van der Waals surface area (Å²) in [6.45, 7) is 6.60. The van der Waals surface area contributed by atoms with Crippen LogP contribution in [0.3, 0.4) is 0 Å². The quantitative estimate of drug-likeness (QED) is 0.0467. The lowest BCUT2D eigenvalue weighted by Gasteiger charge is -2.59. The highest BCUT2D eigenvalue weighted by Gasteiger charge is 2.65. The number of phenols is 1. The van der Waals surface area contributed by atoms with Gasteiger partial charge in [-0.05, 0) is 85.4 Å². The van der Waals surface area contributed by atoms with Gasteiger partial charge in [-0.1, -0.05) is 67.4 Å². The summed E-state index contributed by atoms with van der Waals surface area (Å²) in [5.41, 5.74) is 3.11. The molecule has 0 saturated heterocycles. The molecule has 6 atom stereocenters. The molecule has 0 spiro atoms. The molecule has 0 radical (unpaired) electrons. The van der Waals surface area contributed by atoms with Crippen LogP contribution in [0.15, 0.2) is 102 Å². The number of nitro benzene ring substituents is 1. The highest BCUT2D eigenvalue weighted by molar-refractivity contribution is 6.03. The van der Waals surface area contributed by atoms with Crippen molar-refractivity contribution in [3.63, 3.8) is 0 Å². The van der Waals surface area contributed by atoms with E-state index in [1.165, 1.54) is 24.3 Å². The first-order chi connectivity index (χ1) is 27.7. The molecule has 1 fully saturated rings. The molecule has 6 rings (SSSR count). The van der Waals surface area contributed by atoms with E-state index in [0.29, 0.717) is 30.7 Å². The van der Waals surface area contributed by atoms with Crippen LogP contribution in [0.4, 0.5) is 10.5 Å². The Bertz CT molecular complexity index is 1900. The Kier molecular flexibility index (Phi) is 14.0. The van der Waals surface area contributed by atoms with Crippen LogP contribution in [0.2, 0.25) is 0 Å². The van der Waals surface area contributed by atoms with E-state index in [-0.39, 0.29) is 74.3 Å². The number of carbonyl (C=O) groups excluding carboxylic acids is 1. The molecule has 3 aliphatic rings. The van der Waals surface area contributed by atoms with Crippen molar-refractivity contribution < 1.29 is 44.1 Å². The van der Waals surface area contributed by atoms with Crippen LogP contribution in [0.1, 0.15) is 75.3 Å². The second kappa shape index (κ2) is 19.3. The summed E-state index contributed by atoms with van der Waals surface area (Å²) >= 11 is 0. The number of oxime groups is 1. The Morgan fingerprint density at radius 2 is 1.79 bits per heavy atom. The second-order valence-corrected chi connectivity index (χ2v) is 14.9. The van der Waals surface area contributed by atoms with Crippen molar-refractivity contribution in [2.75, 3.05) is 26.4 Å². The number of hydrogen-bond donors (Lipinski definition) is 3. The highest BCUT2D eigenvalue weighted by atomic mass is 16.7. The summed E-state index contributed by atoms with van der Waals surface area (Å²) in [7, 11) is 0. The van der Waals surface area contributed by atoms with Gasteiger partial charge in [-0.3, -0.25) is 15.0 Å². The van der Waals surface area contributed by atoms with Gasteiger partial charge in [0.2, 0.25) is 5.79 Å². The van der Waals surface area contributed by atoms with Crippen LogP contribution in [-0.2, 0) is 16.2 Å². The molecule has 1 heterocycles. The number of amides is 1. The normalized spacial score (nSPS) is 24.0. The Labute approximate surface area is 333 Å². The number of nitro groups is 1. The molecule has 0 unspecified atom stereocenters. The second-order valence-electron chi connectivity index (χ2n) is 14.9. The number of ether oxygens (including phenoxy) is 3. The first-order valence-corrected chi connectivity index (χ1v) is 19.9. The fourth-order valence-corrected chi connectivity index (χ4v) is 8.83. The van der Waals surface area contributed by atoms with Gasteiger partial charge in [-0.15, -0.1) is 6.58 Å². The lowest BCUT2D eigenvalue weighted by atomic mass is 9.55. The number of hydrogen-bond acceptors (Lipinski definition) is 11. The summed E-state index contributed by atoms with van der Waals surface area (Å²) in [6.07, 6.45) is 8.29. The van der Waals surface area contributed by atoms with E-state index in [9.17, 15) is 30.2 Å². The van der Waals surface area contributed by atoms with Gasteiger partial charge in [0.25, 0.3) is 5.69 Å². The molecule has 13 heteroatoms. The van der Waals surface area contributed by atoms with Crippen molar-refractivity contribution >= 4 is 17.5 Å². The van der Waals surface area contributed by atoms with Crippen LogP contribution in [0.5, 0.6) is 17.2 Å². The predicted octanol–water partition coefficient (Wildman–Crippen LogP) is 8.05. The lowest BCUT2D eigenvalue weighted by molar-refractivity contribution is -0.384. The Hall–Kier alpha value is -5.24. The summed E-state index contributed by atoms with van der Waals surface area (Å²) in [4.78, 5) is 33.0. The van der Waals surface area contributed by atoms with Crippen LogP contribution in [-0.4, -0.2) is 75.1 Å². The maximum Gasteiger partial charge on any atom is 0.415 e. The molecular formula is C44H53N3O10. The molecule has 13 nitrogen and oxygen atoms in total. The first kappa shape index (κ1) is 41.4. The molecule has 304 valence electrons. The minimum absolute atomic E-state index is 0.00271. The number of unbranched alkanes of at least 4 members (excludes halogenated alkanes) is 2. The number of nitrogens with zero attached hydrogens (tertiary/aromatic N) is 3. The maximum absolute atomic E-state index is 14.5. The van der Waals surface area contributed by atoms with Gasteiger partial charge >= 0.3 is 6.09 Å². The molecule has 3 N–H and O–H groups in total. The number of non-ortho nitro benzene ring substituents is 1. The summed E-state index contributed by atoms with van der Waals surface area (Å²) in [6, 6.07) is 19.3. The molecule has 1 aliphatic heterocycles. The molecule has 0 bridgehead atoms. The summed E-state index contributed by atoms with van der Waals surface area (Å²) < 4.78 is 20.0. The average molecular weight is 784 g/mol. The zero-order valence-electron chi connectivity index (χ0n) is 32.4. The topological polar surface area (TPSA) is 173 Å². The average Bonchev–Trinajstić information content (AvgIpc) is 3.21. The largest absolute Gasteiger partial charge is 0.508 e. The van der Waals surface area contributed by atoms with Crippen LogP contribution in [0, 0.1) is 27.9 Å². The van der Waals surface area contributed by atoms with Crippen molar-refractivity contribution in [3.8, 4) is 17.2 Å². The molecule has 57 heavy (non-hydrogen) atoms. The first-order valence-electron chi connectivity index (χ1n) is 19.9. The lowest BCUT2D eigenvalue weighted by Crippen LogP contribution is -2.70. The number of carbonyl (C=O) groups is 1. The summed E-state index contributed by atoms with van der Waals surface area (Å²) in [5.74, 6) is -1.56. The number of aromatic hydroxyl groups is 1. The fraction of sp³-hybridized carbons (Fsp3) is 0.455. The number of phenolic OH excluding ortho intramolecular Hbond substituents is 1. The van der Waals surface area contributed by atoms with Gasteiger partial charge in [0, 0.05) is 49.8 Å². The van der Waals surface area contributed by atoms with Crippen LogP contribution in [0.25, 0.3) is 0 Å². The van der Waals surface area contributed by atoms with E-state index in [2.05, 4.69) is 12.7 Å². The number of aliphatic hydroxyl groups excluding tert-OH is 2. The van der Waals surface area contributed by atoms with E-state index in [1.54, 1.807) is 29.2 Å². The van der Waals surface area contributed by atoms with E-state index < -0.39 is 28.8 Å². The predicted molar refractivity (Wildman–Crippen MR) is 214 cm³/mol. The van der Waals surface area contributed by atoms with Crippen molar-refractivity contribution in [1.29, 1.82) is 0 Å². The van der Waals surface area contributed by atoms with Gasteiger partial charge in [-0.25, -0.2) is 4.79 Å². The minimum atomic E-state index is -1.50. The van der Waals surface area contributed by atoms with Crippen molar-refractivity contribution in [1.82, 2.24) is 4.90 Å². The molecule has 2 aliphatic carbocycles. The molecule has 3 aromatic rings. The number of benzene rings is 3. The number of rotatable bonds is 19. The fourth-order valence-electron chi connectivity index (χ4n) is 8.83. The smallest absolute Gasteiger partial charge is 0.415 e.